The van der Waals surface area contributed by atoms with E-state index < -0.39 is 0 Å². The first-order valence-electron chi connectivity index (χ1n) is 7.79. The van der Waals surface area contributed by atoms with Gasteiger partial charge in [-0.25, -0.2) is 0 Å². The van der Waals surface area contributed by atoms with Crippen LogP contribution in [0.2, 0.25) is 0 Å². The fraction of sp³-hybridized carbons (Fsp3) is 0.933. The number of nitrogens with one attached hydrogen (secondary N) is 2. The van der Waals surface area contributed by atoms with Gasteiger partial charge in [0.1, 0.15) is 0 Å². The Morgan fingerprint density at radius 1 is 1.17 bits per heavy atom. The zero-order chi connectivity index (χ0) is 12.8. The molecule has 0 aromatic heterocycles. The Hall–Kier alpha value is -0.570. The van der Waals surface area contributed by atoms with Crippen LogP contribution >= 0.6 is 0 Å². The van der Waals surface area contributed by atoms with Crippen LogP contribution in [0.4, 0.5) is 0 Å². The maximum atomic E-state index is 11.7. The van der Waals surface area contributed by atoms with Crippen molar-refractivity contribution < 1.29 is 4.79 Å². The van der Waals surface area contributed by atoms with Crippen LogP contribution in [0.1, 0.15) is 58.3 Å². The van der Waals surface area contributed by atoms with Gasteiger partial charge in [0, 0.05) is 12.6 Å². The number of hydrogen-bond donors (Lipinski definition) is 2. The zero-order valence-corrected chi connectivity index (χ0v) is 11.7. The van der Waals surface area contributed by atoms with E-state index in [1.807, 2.05) is 0 Å². The van der Waals surface area contributed by atoms with Crippen molar-refractivity contribution in [3.8, 4) is 0 Å². The molecule has 2 saturated carbocycles. The van der Waals surface area contributed by atoms with E-state index in [1.165, 1.54) is 44.9 Å². The molecule has 3 heteroatoms. The molecule has 104 valence electrons. The van der Waals surface area contributed by atoms with Crippen LogP contribution in [0.25, 0.3) is 0 Å². The van der Waals surface area contributed by atoms with Crippen molar-refractivity contribution in [3.63, 3.8) is 0 Å². The number of carbonyl (C=O) groups is 1. The van der Waals surface area contributed by atoms with E-state index in [0.717, 1.165) is 24.8 Å². The molecule has 0 bridgehead atoms. The fourth-order valence-corrected chi connectivity index (χ4v) is 3.05. The molecule has 0 aromatic carbocycles. The number of amides is 1. The summed E-state index contributed by atoms with van der Waals surface area (Å²) < 4.78 is 0. The quantitative estimate of drug-likeness (QED) is 0.731. The zero-order valence-electron chi connectivity index (χ0n) is 11.7. The van der Waals surface area contributed by atoms with Crippen molar-refractivity contribution >= 4 is 5.91 Å². The lowest BCUT2D eigenvalue weighted by molar-refractivity contribution is -0.120. The summed E-state index contributed by atoms with van der Waals surface area (Å²) in [4.78, 5) is 11.7. The van der Waals surface area contributed by atoms with E-state index in [9.17, 15) is 4.79 Å². The molecule has 2 aliphatic rings. The molecule has 0 spiro atoms. The summed E-state index contributed by atoms with van der Waals surface area (Å²) in [5, 5.41) is 6.50. The third-order valence-corrected chi connectivity index (χ3v) is 4.47. The second-order valence-corrected chi connectivity index (χ2v) is 6.04. The van der Waals surface area contributed by atoms with E-state index in [1.54, 1.807) is 0 Å². The average Bonchev–Trinajstić information content (AvgIpc) is 3.22. The molecule has 1 atom stereocenters. The molecule has 3 nitrogen and oxygen atoms in total. The molecule has 18 heavy (non-hydrogen) atoms. The molecule has 0 heterocycles. The lowest BCUT2D eigenvalue weighted by Crippen LogP contribution is -2.43. The van der Waals surface area contributed by atoms with Gasteiger partial charge in [0.05, 0.1) is 6.54 Å². The lowest BCUT2D eigenvalue weighted by atomic mass is 9.83. The first-order chi connectivity index (χ1) is 8.79. The van der Waals surface area contributed by atoms with Crippen LogP contribution in [-0.2, 0) is 4.79 Å². The monoisotopic (exact) mass is 252 g/mol. The van der Waals surface area contributed by atoms with Gasteiger partial charge in [0.25, 0.3) is 0 Å². The minimum atomic E-state index is 0.177. The van der Waals surface area contributed by atoms with Gasteiger partial charge in [-0.1, -0.05) is 26.2 Å². The molecule has 1 amide bonds. The highest BCUT2D eigenvalue weighted by Crippen LogP contribution is 2.28. The van der Waals surface area contributed by atoms with Gasteiger partial charge in [-0.3, -0.25) is 4.79 Å². The maximum absolute atomic E-state index is 11.7. The normalized spacial score (nSPS) is 22.7. The third kappa shape index (κ3) is 4.60. The van der Waals surface area contributed by atoms with E-state index in [2.05, 4.69) is 17.6 Å². The van der Waals surface area contributed by atoms with Gasteiger partial charge >= 0.3 is 0 Å². The Morgan fingerprint density at radius 3 is 2.50 bits per heavy atom. The molecular weight excluding hydrogens is 224 g/mol. The smallest absolute Gasteiger partial charge is 0.233 e. The standard InChI is InChI=1S/C15H28N2O/c1-2-14(13-6-4-3-5-7-13)16-11-15(18)17-10-12-8-9-12/h12-14,16H,2-11H2,1H3,(H,17,18). The molecule has 2 N–H and O–H groups in total. The van der Waals surface area contributed by atoms with Crippen LogP contribution in [0, 0.1) is 11.8 Å². The van der Waals surface area contributed by atoms with Gasteiger partial charge in [-0.05, 0) is 43.9 Å². The van der Waals surface area contributed by atoms with Crippen molar-refractivity contribution in [1.82, 2.24) is 10.6 Å². The first-order valence-corrected chi connectivity index (χ1v) is 7.79. The van der Waals surface area contributed by atoms with Gasteiger partial charge < -0.3 is 10.6 Å². The van der Waals surface area contributed by atoms with Crippen LogP contribution in [0.5, 0.6) is 0 Å². The van der Waals surface area contributed by atoms with Crippen LogP contribution < -0.4 is 10.6 Å². The maximum Gasteiger partial charge on any atom is 0.233 e. The average molecular weight is 252 g/mol. The second kappa shape index (κ2) is 7.13. The Bertz CT molecular complexity index is 257. The molecule has 2 fully saturated rings. The molecule has 2 rings (SSSR count). The van der Waals surface area contributed by atoms with Crippen molar-refractivity contribution in [2.75, 3.05) is 13.1 Å². The summed E-state index contributed by atoms with van der Waals surface area (Å²) in [5.74, 6) is 1.74. The second-order valence-electron chi connectivity index (χ2n) is 6.04. The summed E-state index contributed by atoms with van der Waals surface area (Å²) in [5.41, 5.74) is 0. The summed E-state index contributed by atoms with van der Waals surface area (Å²) in [6.07, 6.45) is 10.6. The molecule has 2 aliphatic carbocycles. The molecule has 0 saturated heterocycles. The Labute approximate surface area is 111 Å². The lowest BCUT2D eigenvalue weighted by Gasteiger charge is -2.30. The number of rotatable bonds is 7. The summed E-state index contributed by atoms with van der Waals surface area (Å²) in [6.45, 7) is 3.62. The summed E-state index contributed by atoms with van der Waals surface area (Å²) >= 11 is 0. The van der Waals surface area contributed by atoms with Gasteiger partial charge in [0.15, 0.2) is 0 Å². The van der Waals surface area contributed by atoms with E-state index in [-0.39, 0.29) is 5.91 Å². The summed E-state index contributed by atoms with van der Waals surface area (Å²) in [7, 11) is 0. The van der Waals surface area contributed by atoms with E-state index in [0.29, 0.717) is 12.6 Å². The van der Waals surface area contributed by atoms with Crippen molar-refractivity contribution in [1.29, 1.82) is 0 Å². The SMILES string of the molecule is CCC(NCC(=O)NCC1CC1)C1CCCCC1. The molecule has 0 radical (unpaired) electrons. The molecule has 0 aliphatic heterocycles. The highest BCUT2D eigenvalue weighted by atomic mass is 16.1. The van der Waals surface area contributed by atoms with Crippen molar-refractivity contribution in [2.45, 2.75) is 64.3 Å². The van der Waals surface area contributed by atoms with Gasteiger partial charge in [-0.2, -0.15) is 0 Å². The Kier molecular flexibility index (Phi) is 5.48. The topological polar surface area (TPSA) is 41.1 Å². The predicted octanol–water partition coefficient (Wildman–Crippen LogP) is 2.46. The first kappa shape index (κ1) is 13.9. The molecule has 0 aromatic rings. The van der Waals surface area contributed by atoms with Crippen molar-refractivity contribution in [3.05, 3.63) is 0 Å². The minimum Gasteiger partial charge on any atom is -0.355 e. The fourth-order valence-electron chi connectivity index (χ4n) is 3.05. The van der Waals surface area contributed by atoms with Crippen LogP contribution in [-0.4, -0.2) is 25.0 Å². The minimum absolute atomic E-state index is 0.177. The van der Waals surface area contributed by atoms with E-state index in [4.69, 9.17) is 0 Å². The third-order valence-electron chi connectivity index (χ3n) is 4.47. The largest absolute Gasteiger partial charge is 0.355 e. The predicted molar refractivity (Wildman–Crippen MR) is 74.4 cm³/mol. The highest BCUT2D eigenvalue weighted by molar-refractivity contribution is 5.78. The summed E-state index contributed by atoms with van der Waals surface area (Å²) in [6, 6.07) is 0.539. The molecule has 1 unspecified atom stereocenters. The molecular formula is C15H28N2O. The van der Waals surface area contributed by atoms with Crippen LogP contribution in [0.3, 0.4) is 0 Å². The Morgan fingerprint density at radius 2 is 1.89 bits per heavy atom. The Balaban J connectivity index is 1.63. The highest BCUT2D eigenvalue weighted by Gasteiger charge is 2.23. The number of hydrogen-bond acceptors (Lipinski definition) is 2. The van der Waals surface area contributed by atoms with Crippen LogP contribution in [0.15, 0.2) is 0 Å². The number of carbonyl (C=O) groups excluding carboxylic acids is 1. The van der Waals surface area contributed by atoms with Gasteiger partial charge in [-0.15, -0.1) is 0 Å². The van der Waals surface area contributed by atoms with Crippen molar-refractivity contribution in [2.24, 2.45) is 11.8 Å². The van der Waals surface area contributed by atoms with Gasteiger partial charge in [0.2, 0.25) is 5.91 Å². The van der Waals surface area contributed by atoms with E-state index >= 15 is 0 Å².